The van der Waals surface area contributed by atoms with E-state index in [4.69, 9.17) is 21.1 Å². The van der Waals surface area contributed by atoms with E-state index in [2.05, 4.69) is 41.7 Å². The number of nitrogens with zero attached hydrogens (tertiary/aromatic N) is 1. The zero-order valence-electron chi connectivity index (χ0n) is 22.2. The molecular formula is C32H33ClN2O3. The van der Waals surface area contributed by atoms with Crippen molar-refractivity contribution in [1.29, 1.82) is 0 Å². The Hall–Kier alpha value is -3.96. The number of carbonyl (C=O) groups excluding carboxylic acids is 1. The van der Waals surface area contributed by atoms with Gasteiger partial charge in [0.1, 0.15) is 11.4 Å². The fourth-order valence-corrected chi connectivity index (χ4v) is 4.11. The molecule has 0 atom stereocenters. The highest BCUT2D eigenvalue weighted by Gasteiger charge is 2.22. The number of hydrogen-bond donors (Lipinski definition) is 1. The highest BCUT2D eigenvalue weighted by Crippen LogP contribution is 2.34. The van der Waals surface area contributed by atoms with Crippen LogP contribution in [0.2, 0.25) is 5.02 Å². The fourth-order valence-electron chi connectivity index (χ4n) is 3.95. The van der Waals surface area contributed by atoms with E-state index in [1.165, 1.54) is 11.1 Å². The molecule has 0 radical (unpaired) electrons. The molecule has 0 aliphatic heterocycles. The van der Waals surface area contributed by atoms with E-state index in [0.717, 1.165) is 11.3 Å². The predicted molar refractivity (Wildman–Crippen MR) is 156 cm³/mol. The van der Waals surface area contributed by atoms with Crippen LogP contribution in [0.5, 0.6) is 11.5 Å². The number of amides is 1. The molecule has 6 heteroatoms. The number of halogens is 1. The first kappa shape index (κ1) is 27.1. The molecule has 38 heavy (non-hydrogen) atoms. The Morgan fingerprint density at radius 3 is 2.26 bits per heavy atom. The lowest BCUT2D eigenvalue weighted by Gasteiger charge is -2.26. The SMILES string of the molecule is CCN(C(=O)OC(C)(C)C)c1cccc(Oc2cc(Cl)ccc2NCc2ccc(-c3ccccc3)cc2)c1. The van der Waals surface area contributed by atoms with Crippen LogP contribution in [0.3, 0.4) is 0 Å². The number of ether oxygens (including phenoxy) is 2. The molecule has 1 amide bonds. The molecule has 0 fully saturated rings. The Morgan fingerprint density at radius 1 is 0.868 bits per heavy atom. The lowest BCUT2D eigenvalue weighted by Crippen LogP contribution is -2.36. The van der Waals surface area contributed by atoms with Crippen molar-refractivity contribution in [1.82, 2.24) is 0 Å². The summed E-state index contributed by atoms with van der Waals surface area (Å²) in [5, 5.41) is 4.03. The maximum Gasteiger partial charge on any atom is 0.414 e. The average molecular weight is 529 g/mol. The molecule has 196 valence electrons. The normalized spacial score (nSPS) is 11.1. The van der Waals surface area contributed by atoms with Crippen molar-refractivity contribution in [2.45, 2.75) is 39.8 Å². The van der Waals surface area contributed by atoms with E-state index < -0.39 is 11.7 Å². The van der Waals surface area contributed by atoms with Crippen LogP contribution < -0.4 is 15.0 Å². The summed E-state index contributed by atoms with van der Waals surface area (Å²) in [5.74, 6) is 1.18. The molecule has 0 heterocycles. The van der Waals surface area contributed by atoms with Crippen LogP contribution in [0, 0.1) is 0 Å². The summed E-state index contributed by atoms with van der Waals surface area (Å²) >= 11 is 6.31. The van der Waals surface area contributed by atoms with Gasteiger partial charge in [0.05, 0.1) is 11.4 Å². The quantitative estimate of drug-likeness (QED) is 0.247. The average Bonchev–Trinajstić information content (AvgIpc) is 2.89. The van der Waals surface area contributed by atoms with E-state index in [1.807, 2.05) is 82.3 Å². The minimum absolute atomic E-state index is 0.402. The Bertz CT molecular complexity index is 1370. The summed E-state index contributed by atoms with van der Waals surface area (Å²) in [7, 11) is 0. The molecule has 0 aliphatic carbocycles. The maximum absolute atomic E-state index is 12.7. The van der Waals surface area contributed by atoms with Crippen LogP contribution in [0.1, 0.15) is 33.3 Å². The second-order valence-corrected chi connectivity index (χ2v) is 10.3. The van der Waals surface area contributed by atoms with Gasteiger partial charge in [-0.1, -0.05) is 72.3 Å². The molecule has 0 aliphatic rings. The number of anilines is 2. The van der Waals surface area contributed by atoms with E-state index in [1.54, 1.807) is 11.0 Å². The Morgan fingerprint density at radius 2 is 1.58 bits per heavy atom. The standard InChI is InChI=1S/C32H33ClN2O3/c1-5-35(31(36)38-32(2,3)4)27-12-9-13-28(21-27)37-30-20-26(33)18-19-29(30)34-22-23-14-16-25(17-15-23)24-10-7-6-8-11-24/h6-21,34H,5,22H2,1-4H3. The summed E-state index contributed by atoms with van der Waals surface area (Å²) in [6.07, 6.45) is -0.402. The zero-order valence-corrected chi connectivity index (χ0v) is 23.0. The lowest BCUT2D eigenvalue weighted by atomic mass is 10.0. The lowest BCUT2D eigenvalue weighted by molar-refractivity contribution is 0.0582. The van der Waals surface area contributed by atoms with Gasteiger partial charge < -0.3 is 14.8 Å². The van der Waals surface area contributed by atoms with E-state index >= 15 is 0 Å². The first-order valence-corrected chi connectivity index (χ1v) is 13.1. The van der Waals surface area contributed by atoms with Crippen LogP contribution >= 0.6 is 11.6 Å². The van der Waals surface area contributed by atoms with Crippen molar-refractivity contribution in [2.24, 2.45) is 0 Å². The van der Waals surface area contributed by atoms with Gasteiger partial charge in [0.25, 0.3) is 0 Å². The first-order chi connectivity index (χ1) is 18.2. The van der Waals surface area contributed by atoms with Crippen LogP contribution in [-0.2, 0) is 11.3 Å². The number of hydrogen-bond acceptors (Lipinski definition) is 4. The second-order valence-electron chi connectivity index (χ2n) is 9.88. The third kappa shape index (κ3) is 7.30. The molecule has 0 spiro atoms. The monoisotopic (exact) mass is 528 g/mol. The van der Waals surface area contributed by atoms with E-state index in [0.29, 0.717) is 35.3 Å². The maximum atomic E-state index is 12.7. The number of benzene rings is 4. The van der Waals surface area contributed by atoms with Gasteiger partial charge in [-0.3, -0.25) is 4.90 Å². The van der Waals surface area contributed by atoms with Crippen LogP contribution in [0.4, 0.5) is 16.2 Å². The highest BCUT2D eigenvalue weighted by atomic mass is 35.5. The molecule has 0 unspecified atom stereocenters. The van der Waals surface area contributed by atoms with Crippen molar-refractivity contribution in [3.63, 3.8) is 0 Å². The molecule has 0 saturated heterocycles. The summed E-state index contributed by atoms with van der Waals surface area (Å²) in [6.45, 7) is 8.54. The topological polar surface area (TPSA) is 50.8 Å². The van der Waals surface area contributed by atoms with E-state index in [9.17, 15) is 4.79 Å². The smallest absolute Gasteiger partial charge is 0.414 e. The summed E-state index contributed by atoms with van der Waals surface area (Å²) < 4.78 is 11.8. The predicted octanol–water partition coefficient (Wildman–Crippen LogP) is 9.17. The molecule has 0 saturated carbocycles. The van der Waals surface area contributed by atoms with Crippen molar-refractivity contribution < 1.29 is 14.3 Å². The van der Waals surface area contributed by atoms with Gasteiger partial charge in [0.15, 0.2) is 5.75 Å². The first-order valence-electron chi connectivity index (χ1n) is 12.7. The molecule has 4 aromatic carbocycles. The Balaban J connectivity index is 1.48. The Kier molecular flexibility index (Phi) is 8.59. The molecule has 5 nitrogen and oxygen atoms in total. The van der Waals surface area contributed by atoms with Gasteiger partial charge in [-0.05, 0) is 68.7 Å². The molecular weight excluding hydrogens is 496 g/mol. The summed E-state index contributed by atoms with van der Waals surface area (Å²) in [5.41, 5.74) is 4.43. The van der Waals surface area contributed by atoms with Gasteiger partial charge in [-0.25, -0.2) is 4.79 Å². The van der Waals surface area contributed by atoms with Gasteiger partial charge in [0, 0.05) is 30.2 Å². The Labute approximate surface area is 230 Å². The zero-order chi connectivity index (χ0) is 27.1. The van der Waals surface area contributed by atoms with Crippen LogP contribution in [0.15, 0.2) is 97.1 Å². The molecule has 1 N–H and O–H groups in total. The number of rotatable bonds is 8. The van der Waals surface area contributed by atoms with Crippen molar-refractivity contribution in [3.05, 3.63) is 108 Å². The molecule has 4 aromatic rings. The second kappa shape index (κ2) is 12.1. The molecule has 4 rings (SSSR count). The van der Waals surface area contributed by atoms with Crippen LogP contribution in [-0.4, -0.2) is 18.2 Å². The summed E-state index contributed by atoms with van der Waals surface area (Å²) in [6, 6.07) is 31.7. The van der Waals surface area contributed by atoms with Gasteiger partial charge in [0.2, 0.25) is 0 Å². The summed E-state index contributed by atoms with van der Waals surface area (Å²) in [4.78, 5) is 14.3. The van der Waals surface area contributed by atoms with Gasteiger partial charge in [-0.15, -0.1) is 0 Å². The van der Waals surface area contributed by atoms with Crippen LogP contribution in [0.25, 0.3) is 11.1 Å². The highest BCUT2D eigenvalue weighted by molar-refractivity contribution is 6.30. The minimum atomic E-state index is -0.582. The van der Waals surface area contributed by atoms with Crippen molar-refractivity contribution in [2.75, 3.05) is 16.8 Å². The third-order valence-corrected chi connectivity index (χ3v) is 6.01. The number of carbonyl (C=O) groups is 1. The van der Waals surface area contributed by atoms with Gasteiger partial charge >= 0.3 is 6.09 Å². The van der Waals surface area contributed by atoms with Crippen molar-refractivity contribution in [3.8, 4) is 22.6 Å². The minimum Gasteiger partial charge on any atom is -0.455 e. The largest absolute Gasteiger partial charge is 0.455 e. The fraction of sp³-hybridized carbons (Fsp3) is 0.219. The van der Waals surface area contributed by atoms with Gasteiger partial charge in [-0.2, -0.15) is 0 Å². The third-order valence-electron chi connectivity index (χ3n) is 5.77. The van der Waals surface area contributed by atoms with E-state index in [-0.39, 0.29) is 0 Å². The van der Waals surface area contributed by atoms with Crippen molar-refractivity contribution >= 4 is 29.1 Å². The molecule has 0 bridgehead atoms. The number of nitrogens with one attached hydrogen (secondary N) is 1. The molecule has 0 aromatic heterocycles.